The number of methoxy groups -OCH3 is 1. The number of ether oxygens (including phenoxy) is 1. The summed E-state index contributed by atoms with van der Waals surface area (Å²) < 4.78 is 12.0. The highest BCUT2D eigenvalue weighted by molar-refractivity contribution is 6.20. The molecule has 2 aromatic rings. The van der Waals surface area contributed by atoms with Crippen molar-refractivity contribution >= 4 is 29.3 Å². The lowest BCUT2D eigenvalue weighted by Gasteiger charge is -2.29. The number of amides is 1. The van der Waals surface area contributed by atoms with Crippen LogP contribution in [0.1, 0.15) is 58.6 Å². The fourth-order valence-electron chi connectivity index (χ4n) is 3.59. The highest BCUT2D eigenvalue weighted by atomic mass is 35.5. The zero-order chi connectivity index (χ0) is 22.6. The van der Waals surface area contributed by atoms with Crippen LogP contribution in [0.2, 0.25) is 0 Å². The highest BCUT2D eigenvalue weighted by Crippen LogP contribution is 2.26. The van der Waals surface area contributed by atoms with Crippen molar-refractivity contribution in [3.05, 3.63) is 46.7 Å². The van der Waals surface area contributed by atoms with E-state index in [1.54, 1.807) is 44.4 Å². The van der Waals surface area contributed by atoms with Crippen LogP contribution in [-0.2, 0) is 22.6 Å². The van der Waals surface area contributed by atoms with Crippen molar-refractivity contribution in [2.45, 2.75) is 47.7 Å². The Bertz CT molecular complexity index is 928. The van der Waals surface area contributed by atoms with E-state index in [4.69, 9.17) is 20.8 Å². The Morgan fingerprint density at radius 3 is 2.43 bits per heavy atom. The Morgan fingerprint density at radius 2 is 1.93 bits per heavy atom. The largest absolute Gasteiger partial charge is 0.467 e. The maximum absolute atomic E-state index is 13.3. The van der Waals surface area contributed by atoms with Gasteiger partial charge in [0, 0.05) is 23.7 Å². The molecule has 0 saturated carbocycles. The molecule has 0 saturated heterocycles. The summed E-state index contributed by atoms with van der Waals surface area (Å²) in [7, 11) is 1.31. The van der Waals surface area contributed by atoms with Crippen LogP contribution in [0.15, 0.2) is 22.8 Å². The van der Waals surface area contributed by atoms with Gasteiger partial charge in [-0.3, -0.25) is 9.59 Å². The molecule has 0 spiro atoms. The molecule has 0 aromatic carbocycles. The topological polar surface area (TPSA) is 81.8 Å². The zero-order valence-corrected chi connectivity index (χ0v) is 19.1. The van der Waals surface area contributed by atoms with E-state index in [0.29, 0.717) is 34.8 Å². The first-order valence-electron chi connectivity index (χ1n) is 9.77. The minimum atomic E-state index is -0.842. The van der Waals surface area contributed by atoms with Crippen LogP contribution in [0.25, 0.3) is 0 Å². The van der Waals surface area contributed by atoms with E-state index in [0.717, 1.165) is 0 Å². The first-order valence-corrected chi connectivity index (χ1v) is 10.3. The molecule has 2 rings (SSSR count). The molecule has 0 aliphatic carbocycles. The predicted molar refractivity (Wildman–Crippen MR) is 114 cm³/mol. The van der Waals surface area contributed by atoms with E-state index in [9.17, 15) is 14.4 Å². The lowest BCUT2D eigenvalue weighted by Crippen LogP contribution is -2.44. The first kappa shape index (κ1) is 23.7. The van der Waals surface area contributed by atoms with Gasteiger partial charge in [0.2, 0.25) is 5.91 Å². The number of esters is 1. The summed E-state index contributed by atoms with van der Waals surface area (Å²) in [6.45, 7) is 9.38. The number of aromatic nitrogens is 1. The van der Waals surface area contributed by atoms with Crippen molar-refractivity contribution in [3.8, 4) is 0 Å². The molecule has 0 radical (unpaired) electrons. The van der Waals surface area contributed by atoms with Crippen LogP contribution in [0.5, 0.6) is 0 Å². The molecule has 0 aliphatic rings. The molecule has 0 N–H and O–H groups in total. The SMILES string of the molecule is CCn1c(C)c(C(=O)CN(Cc2ccco2)C(=O)C(C)(C)CCl)c(C)c1C(=O)OC. The van der Waals surface area contributed by atoms with Crippen molar-refractivity contribution in [3.63, 3.8) is 0 Å². The fourth-order valence-corrected chi connectivity index (χ4v) is 3.70. The number of carbonyl (C=O) groups excluding carboxylic acids is 3. The summed E-state index contributed by atoms with van der Waals surface area (Å²) in [5, 5.41) is 0. The number of hydrogen-bond acceptors (Lipinski definition) is 5. The second-order valence-corrected chi connectivity index (χ2v) is 8.12. The number of hydrogen-bond donors (Lipinski definition) is 0. The molecule has 0 unspecified atom stereocenters. The summed E-state index contributed by atoms with van der Waals surface area (Å²) in [5.41, 5.74) is 1.16. The maximum atomic E-state index is 13.3. The number of carbonyl (C=O) groups is 3. The average molecular weight is 437 g/mol. The van der Waals surface area contributed by atoms with Crippen molar-refractivity contribution in [2.75, 3.05) is 19.5 Å². The summed E-state index contributed by atoms with van der Waals surface area (Å²) >= 11 is 6.00. The molecule has 2 heterocycles. The van der Waals surface area contributed by atoms with Crippen LogP contribution >= 0.6 is 11.6 Å². The van der Waals surface area contributed by atoms with Gasteiger partial charge in [-0.2, -0.15) is 0 Å². The summed E-state index contributed by atoms with van der Waals surface area (Å²) in [4.78, 5) is 40.1. The average Bonchev–Trinajstić information content (AvgIpc) is 3.31. The van der Waals surface area contributed by atoms with Gasteiger partial charge in [0.25, 0.3) is 0 Å². The van der Waals surface area contributed by atoms with E-state index in [-0.39, 0.29) is 30.7 Å². The highest BCUT2D eigenvalue weighted by Gasteiger charge is 2.34. The fraction of sp³-hybridized carbons (Fsp3) is 0.500. The first-order chi connectivity index (χ1) is 14.1. The zero-order valence-electron chi connectivity index (χ0n) is 18.4. The molecule has 164 valence electrons. The molecule has 2 aromatic heterocycles. The molecular formula is C22H29ClN2O5. The lowest BCUT2D eigenvalue weighted by molar-refractivity contribution is -0.139. The van der Waals surface area contributed by atoms with Gasteiger partial charge in [-0.1, -0.05) is 0 Å². The van der Waals surface area contributed by atoms with E-state index in [2.05, 4.69) is 0 Å². The maximum Gasteiger partial charge on any atom is 0.354 e. The van der Waals surface area contributed by atoms with Crippen LogP contribution in [0, 0.1) is 19.3 Å². The minimum Gasteiger partial charge on any atom is -0.467 e. The normalized spacial score (nSPS) is 11.4. The number of halogens is 1. The Morgan fingerprint density at radius 1 is 1.27 bits per heavy atom. The standard InChI is InChI=1S/C22H29ClN2O5/c1-7-25-15(3)18(14(2)19(25)20(27)29-6)17(26)12-24(11-16-9-8-10-30-16)21(28)22(4,5)13-23/h8-10H,7,11-13H2,1-6H3. The monoisotopic (exact) mass is 436 g/mol. The molecule has 0 aliphatic heterocycles. The summed E-state index contributed by atoms with van der Waals surface area (Å²) in [6.07, 6.45) is 1.52. The lowest BCUT2D eigenvalue weighted by atomic mass is 9.93. The van der Waals surface area contributed by atoms with Gasteiger partial charge in [-0.15, -0.1) is 11.6 Å². The van der Waals surface area contributed by atoms with Crippen molar-refractivity contribution in [1.29, 1.82) is 0 Å². The van der Waals surface area contributed by atoms with E-state index in [1.807, 2.05) is 6.92 Å². The summed E-state index contributed by atoms with van der Waals surface area (Å²) in [6, 6.07) is 3.47. The second-order valence-electron chi connectivity index (χ2n) is 7.85. The van der Waals surface area contributed by atoms with Gasteiger partial charge in [-0.25, -0.2) is 4.79 Å². The quantitative estimate of drug-likeness (QED) is 0.337. The number of nitrogens with zero attached hydrogens (tertiary/aromatic N) is 2. The van der Waals surface area contributed by atoms with Crippen molar-refractivity contribution in [1.82, 2.24) is 9.47 Å². The number of rotatable bonds is 9. The van der Waals surface area contributed by atoms with Crippen molar-refractivity contribution < 1.29 is 23.5 Å². The van der Waals surface area contributed by atoms with E-state index in [1.165, 1.54) is 18.3 Å². The third-order valence-corrected chi connectivity index (χ3v) is 5.87. The molecular weight excluding hydrogens is 408 g/mol. The van der Waals surface area contributed by atoms with E-state index >= 15 is 0 Å². The molecule has 0 fully saturated rings. The minimum absolute atomic E-state index is 0.117. The molecule has 0 bridgehead atoms. The Hall–Kier alpha value is -2.54. The predicted octanol–water partition coefficient (Wildman–Crippen LogP) is 3.98. The van der Waals surface area contributed by atoms with E-state index < -0.39 is 11.4 Å². The number of ketones is 1. The molecule has 30 heavy (non-hydrogen) atoms. The third kappa shape index (κ3) is 4.61. The Balaban J connectivity index is 2.43. The molecule has 1 amide bonds. The van der Waals surface area contributed by atoms with Gasteiger partial charge in [0.05, 0.1) is 31.9 Å². The number of Topliss-reactive ketones (excluding diaryl/α,β-unsaturated/α-hetero) is 1. The van der Waals surface area contributed by atoms with Gasteiger partial charge in [0.1, 0.15) is 11.5 Å². The van der Waals surface area contributed by atoms with Crippen LogP contribution in [0.4, 0.5) is 0 Å². The van der Waals surface area contributed by atoms with Gasteiger partial charge >= 0.3 is 5.97 Å². The van der Waals surface area contributed by atoms with Crippen LogP contribution < -0.4 is 0 Å². The van der Waals surface area contributed by atoms with Gasteiger partial charge in [0.15, 0.2) is 5.78 Å². The van der Waals surface area contributed by atoms with Crippen LogP contribution in [-0.4, -0.2) is 46.7 Å². The third-order valence-electron chi connectivity index (χ3n) is 5.20. The van der Waals surface area contributed by atoms with Gasteiger partial charge < -0.3 is 18.6 Å². The van der Waals surface area contributed by atoms with Gasteiger partial charge in [-0.05, 0) is 52.3 Å². The Kier molecular flexibility index (Phi) is 7.53. The molecule has 8 heteroatoms. The number of furan rings is 1. The van der Waals surface area contributed by atoms with Crippen LogP contribution in [0.3, 0.4) is 0 Å². The molecule has 7 nitrogen and oxygen atoms in total. The second kappa shape index (κ2) is 9.51. The smallest absolute Gasteiger partial charge is 0.354 e. The number of alkyl halides is 1. The summed E-state index contributed by atoms with van der Waals surface area (Å²) in [5.74, 6) is -0.321. The molecule has 0 atom stereocenters. The Labute approximate surface area is 181 Å². The van der Waals surface area contributed by atoms with Crippen molar-refractivity contribution in [2.24, 2.45) is 5.41 Å².